The van der Waals surface area contributed by atoms with E-state index in [2.05, 4.69) is 45.0 Å². The normalized spacial score (nSPS) is 13.0. The first kappa shape index (κ1) is 15.6. The van der Waals surface area contributed by atoms with Crippen LogP contribution in [0.25, 0.3) is 0 Å². The molecular formula is C19H25NO. The molecule has 0 radical (unpaired) electrons. The molecule has 2 aromatic carbocycles. The van der Waals surface area contributed by atoms with Crippen LogP contribution in [0, 0.1) is 0 Å². The lowest BCUT2D eigenvalue weighted by molar-refractivity contribution is 0.405. The summed E-state index contributed by atoms with van der Waals surface area (Å²) in [6, 6.07) is 16.7. The Morgan fingerprint density at radius 1 is 1.00 bits per heavy atom. The maximum absolute atomic E-state index is 6.35. The highest BCUT2D eigenvalue weighted by Gasteiger charge is 2.15. The van der Waals surface area contributed by atoms with Gasteiger partial charge in [0.25, 0.3) is 0 Å². The van der Waals surface area contributed by atoms with Crippen molar-refractivity contribution in [3.63, 3.8) is 0 Å². The second-order valence-electron chi connectivity index (χ2n) is 6.50. The molecule has 1 atom stereocenters. The second-order valence-corrected chi connectivity index (χ2v) is 6.50. The monoisotopic (exact) mass is 283 g/mol. The average Bonchev–Trinajstić information content (AvgIpc) is 2.46. The van der Waals surface area contributed by atoms with Gasteiger partial charge in [-0.3, -0.25) is 0 Å². The summed E-state index contributed by atoms with van der Waals surface area (Å²) < 4.78 is 5.39. The molecule has 0 aliphatic heterocycles. The topological polar surface area (TPSA) is 35.2 Å². The van der Waals surface area contributed by atoms with Crippen molar-refractivity contribution in [1.29, 1.82) is 0 Å². The van der Waals surface area contributed by atoms with E-state index in [-0.39, 0.29) is 11.5 Å². The summed E-state index contributed by atoms with van der Waals surface area (Å²) >= 11 is 0. The van der Waals surface area contributed by atoms with E-state index in [1.54, 1.807) is 7.11 Å². The van der Waals surface area contributed by atoms with Crippen LogP contribution in [-0.4, -0.2) is 7.11 Å². The van der Waals surface area contributed by atoms with Gasteiger partial charge in [-0.15, -0.1) is 0 Å². The Labute approximate surface area is 127 Å². The van der Waals surface area contributed by atoms with Crippen LogP contribution in [-0.2, 0) is 11.8 Å². The number of rotatable bonds is 4. The van der Waals surface area contributed by atoms with E-state index in [4.69, 9.17) is 10.5 Å². The molecule has 0 aliphatic rings. The summed E-state index contributed by atoms with van der Waals surface area (Å²) in [7, 11) is 1.68. The highest BCUT2D eigenvalue weighted by molar-refractivity contribution is 5.37. The quantitative estimate of drug-likeness (QED) is 0.911. The molecule has 0 aromatic heterocycles. The van der Waals surface area contributed by atoms with E-state index in [0.29, 0.717) is 0 Å². The maximum Gasteiger partial charge on any atom is 0.123 e. The number of hydrogen-bond donors (Lipinski definition) is 1. The van der Waals surface area contributed by atoms with Crippen LogP contribution in [0.4, 0.5) is 0 Å². The van der Waals surface area contributed by atoms with Crippen LogP contribution in [0.15, 0.2) is 48.5 Å². The minimum Gasteiger partial charge on any atom is -0.496 e. The summed E-state index contributed by atoms with van der Waals surface area (Å²) in [4.78, 5) is 0. The van der Waals surface area contributed by atoms with Crippen molar-refractivity contribution in [3.05, 3.63) is 65.2 Å². The number of methoxy groups -OCH3 is 1. The zero-order chi connectivity index (χ0) is 15.5. The van der Waals surface area contributed by atoms with Crippen LogP contribution in [0.2, 0.25) is 0 Å². The molecule has 0 aliphatic carbocycles. The van der Waals surface area contributed by atoms with E-state index in [0.717, 1.165) is 17.7 Å². The Kier molecular flexibility index (Phi) is 4.69. The fourth-order valence-electron chi connectivity index (χ4n) is 2.48. The summed E-state index contributed by atoms with van der Waals surface area (Å²) in [5, 5.41) is 0. The molecule has 0 bridgehead atoms. The molecule has 0 saturated heterocycles. The fraction of sp³-hybridized carbons (Fsp3) is 0.368. The van der Waals surface area contributed by atoms with Gasteiger partial charge < -0.3 is 10.5 Å². The predicted octanol–water partition coefficient (Wildman–Crippen LogP) is 4.24. The Morgan fingerprint density at radius 2 is 1.62 bits per heavy atom. The van der Waals surface area contributed by atoms with Crippen LogP contribution in [0.1, 0.15) is 43.5 Å². The van der Waals surface area contributed by atoms with E-state index in [1.807, 2.05) is 24.3 Å². The van der Waals surface area contributed by atoms with Gasteiger partial charge in [-0.2, -0.15) is 0 Å². The molecule has 0 heterocycles. The number of hydrogen-bond acceptors (Lipinski definition) is 2. The molecule has 112 valence electrons. The smallest absolute Gasteiger partial charge is 0.123 e. The molecule has 21 heavy (non-hydrogen) atoms. The van der Waals surface area contributed by atoms with Gasteiger partial charge in [0, 0.05) is 11.6 Å². The van der Waals surface area contributed by atoms with Gasteiger partial charge in [0.2, 0.25) is 0 Å². The third-order valence-electron chi connectivity index (χ3n) is 3.81. The first-order chi connectivity index (χ1) is 9.91. The molecule has 0 spiro atoms. The molecule has 1 unspecified atom stereocenters. The SMILES string of the molecule is COc1ccccc1C(N)Cc1ccc(C(C)(C)C)cc1. The first-order valence-electron chi connectivity index (χ1n) is 7.39. The number of ether oxygens (including phenoxy) is 1. The lowest BCUT2D eigenvalue weighted by Gasteiger charge is -2.20. The van der Waals surface area contributed by atoms with Gasteiger partial charge in [0.1, 0.15) is 5.75 Å². The largest absolute Gasteiger partial charge is 0.496 e. The molecular weight excluding hydrogens is 258 g/mol. The maximum atomic E-state index is 6.35. The molecule has 2 rings (SSSR count). The van der Waals surface area contributed by atoms with Crippen LogP contribution in [0.5, 0.6) is 5.75 Å². The predicted molar refractivity (Wildman–Crippen MR) is 88.8 cm³/mol. The van der Waals surface area contributed by atoms with Gasteiger partial charge in [0.05, 0.1) is 7.11 Å². The van der Waals surface area contributed by atoms with Crippen molar-refractivity contribution in [2.24, 2.45) is 5.73 Å². The van der Waals surface area contributed by atoms with Crippen molar-refractivity contribution < 1.29 is 4.74 Å². The molecule has 0 fully saturated rings. The average molecular weight is 283 g/mol. The van der Waals surface area contributed by atoms with Crippen molar-refractivity contribution in [2.75, 3.05) is 7.11 Å². The Bertz CT molecular complexity index is 581. The highest BCUT2D eigenvalue weighted by atomic mass is 16.5. The number of para-hydroxylation sites is 1. The zero-order valence-corrected chi connectivity index (χ0v) is 13.4. The molecule has 2 heteroatoms. The van der Waals surface area contributed by atoms with Gasteiger partial charge >= 0.3 is 0 Å². The Balaban J connectivity index is 2.14. The van der Waals surface area contributed by atoms with Gasteiger partial charge in [-0.25, -0.2) is 0 Å². The zero-order valence-electron chi connectivity index (χ0n) is 13.4. The number of benzene rings is 2. The second kappa shape index (κ2) is 6.31. The summed E-state index contributed by atoms with van der Waals surface area (Å²) in [5.41, 5.74) is 10.2. The first-order valence-corrected chi connectivity index (χ1v) is 7.39. The molecule has 2 nitrogen and oxygen atoms in total. The lowest BCUT2D eigenvalue weighted by Crippen LogP contribution is -2.15. The molecule has 2 N–H and O–H groups in total. The third kappa shape index (κ3) is 3.85. The standard InChI is InChI=1S/C19H25NO/c1-19(2,3)15-11-9-14(10-12-15)13-17(20)16-7-5-6-8-18(16)21-4/h5-12,17H,13,20H2,1-4H3. The van der Waals surface area contributed by atoms with E-state index < -0.39 is 0 Å². The Hall–Kier alpha value is -1.80. The van der Waals surface area contributed by atoms with Gasteiger partial charge in [-0.1, -0.05) is 63.2 Å². The summed E-state index contributed by atoms with van der Waals surface area (Å²) in [6.07, 6.45) is 0.810. The van der Waals surface area contributed by atoms with Crippen molar-refractivity contribution in [1.82, 2.24) is 0 Å². The van der Waals surface area contributed by atoms with E-state index >= 15 is 0 Å². The van der Waals surface area contributed by atoms with Crippen molar-refractivity contribution in [3.8, 4) is 5.75 Å². The number of nitrogens with two attached hydrogens (primary N) is 1. The summed E-state index contributed by atoms with van der Waals surface area (Å²) in [6.45, 7) is 6.67. The van der Waals surface area contributed by atoms with Crippen LogP contribution in [0.3, 0.4) is 0 Å². The van der Waals surface area contributed by atoms with Crippen LogP contribution >= 0.6 is 0 Å². The summed E-state index contributed by atoms with van der Waals surface area (Å²) in [5.74, 6) is 0.858. The van der Waals surface area contributed by atoms with Gasteiger partial charge in [-0.05, 0) is 29.0 Å². The van der Waals surface area contributed by atoms with Crippen LogP contribution < -0.4 is 10.5 Å². The molecule has 0 amide bonds. The minimum atomic E-state index is -0.0540. The van der Waals surface area contributed by atoms with Crippen molar-refractivity contribution in [2.45, 2.75) is 38.6 Å². The molecule has 0 saturated carbocycles. The van der Waals surface area contributed by atoms with Crippen molar-refractivity contribution >= 4 is 0 Å². The third-order valence-corrected chi connectivity index (χ3v) is 3.81. The minimum absolute atomic E-state index is 0.0540. The Morgan fingerprint density at radius 3 is 2.19 bits per heavy atom. The van der Waals surface area contributed by atoms with E-state index in [1.165, 1.54) is 11.1 Å². The fourth-order valence-corrected chi connectivity index (χ4v) is 2.48. The molecule has 2 aromatic rings. The highest BCUT2D eigenvalue weighted by Crippen LogP contribution is 2.27. The lowest BCUT2D eigenvalue weighted by atomic mass is 9.86. The van der Waals surface area contributed by atoms with E-state index in [9.17, 15) is 0 Å². The van der Waals surface area contributed by atoms with Gasteiger partial charge in [0.15, 0.2) is 0 Å².